The Kier molecular flexibility index (Phi) is 3.68. The van der Waals surface area contributed by atoms with E-state index in [2.05, 4.69) is 10.3 Å². The Labute approximate surface area is 103 Å². The summed E-state index contributed by atoms with van der Waals surface area (Å²) in [5, 5.41) is 13.7. The summed E-state index contributed by atoms with van der Waals surface area (Å²) in [6.45, 7) is 0.844. The van der Waals surface area contributed by atoms with E-state index in [0.29, 0.717) is 11.7 Å². The van der Waals surface area contributed by atoms with Gasteiger partial charge in [-0.2, -0.15) is 11.8 Å². The molecule has 1 fully saturated rings. The second kappa shape index (κ2) is 5.22. The maximum absolute atomic E-state index is 10.6. The third kappa shape index (κ3) is 3.00. The first kappa shape index (κ1) is 12.0. The summed E-state index contributed by atoms with van der Waals surface area (Å²) in [5.74, 6) is 3.58. The fraction of sp³-hybridized carbons (Fsp3) is 0.500. The molecule has 7 heteroatoms. The van der Waals surface area contributed by atoms with E-state index in [1.165, 1.54) is 18.2 Å². The Morgan fingerprint density at radius 3 is 3.06 bits per heavy atom. The Hall–Kier alpha value is -1.50. The molecular weight excluding hydrogens is 240 g/mol. The van der Waals surface area contributed by atoms with Crippen LogP contribution in [0.25, 0.3) is 0 Å². The lowest BCUT2D eigenvalue weighted by molar-refractivity contribution is -0.384. The van der Waals surface area contributed by atoms with Crippen LogP contribution >= 0.6 is 11.8 Å². The summed E-state index contributed by atoms with van der Waals surface area (Å²) < 4.78 is 0. The molecule has 0 aromatic carbocycles. The second-order valence-corrected chi connectivity index (χ2v) is 5.12. The van der Waals surface area contributed by atoms with E-state index in [-0.39, 0.29) is 11.5 Å². The van der Waals surface area contributed by atoms with Crippen molar-refractivity contribution in [2.75, 3.05) is 29.1 Å². The van der Waals surface area contributed by atoms with Crippen molar-refractivity contribution in [3.05, 3.63) is 22.2 Å². The Bertz CT molecular complexity index is 421. The maximum atomic E-state index is 10.6. The molecule has 1 saturated heterocycles. The first-order valence-electron chi connectivity index (χ1n) is 5.39. The van der Waals surface area contributed by atoms with E-state index in [1.807, 2.05) is 11.8 Å². The quantitative estimate of drug-likeness (QED) is 0.627. The smallest absolute Gasteiger partial charge is 0.311 e. The molecule has 17 heavy (non-hydrogen) atoms. The maximum Gasteiger partial charge on any atom is 0.311 e. The number of nitrogens with two attached hydrogens (primary N) is 1. The normalized spacial score (nSPS) is 19.2. The van der Waals surface area contributed by atoms with Crippen LogP contribution in [0.2, 0.25) is 0 Å². The first-order chi connectivity index (χ1) is 8.16. The number of nitrogen functional groups attached to an aromatic ring is 1. The van der Waals surface area contributed by atoms with Crippen LogP contribution in [0, 0.1) is 16.0 Å². The fourth-order valence-electron chi connectivity index (χ4n) is 1.71. The van der Waals surface area contributed by atoms with Crippen molar-refractivity contribution in [3.8, 4) is 0 Å². The van der Waals surface area contributed by atoms with Gasteiger partial charge in [0.05, 0.1) is 4.92 Å². The molecule has 2 heterocycles. The van der Waals surface area contributed by atoms with Gasteiger partial charge in [0.2, 0.25) is 5.82 Å². The number of hydrogen-bond donors (Lipinski definition) is 2. The van der Waals surface area contributed by atoms with Gasteiger partial charge in [0.15, 0.2) is 0 Å². The number of hydrogen-bond acceptors (Lipinski definition) is 6. The summed E-state index contributed by atoms with van der Waals surface area (Å²) in [4.78, 5) is 14.0. The zero-order valence-corrected chi connectivity index (χ0v) is 10.1. The van der Waals surface area contributed by atoms with E-state index in [0.717, 1.165) is 12.3 Å². The highest BCUT2D eigenvalue weighted by Crippen LogP contribution is 2.24. The minimum absolute atomic E-state index is 0.0409. The van der Waals surface area contributed by atoms with Crippen molar-refractivity contribution in [2.24, 2.45) is 5.92 Å². The lowest BCUT2D eigenvalue weighted by Gasteiger charge is -2.10. The Morgan fingerprint density at radius 1 is 1.65 bits per heavy atom. The van der Waals surface area contributed by atoms with Crippen molar-refractivity contribution in [3.63, 3.8) is 0 Å². The Morgan fingerprint density at radius 2 is 2.47 bits per heavy atom. The molecule has 3 N–H and O–H groups in total. The third-order valence-electron chi connectivity index (χ3n) is 2.69. The molecule has 1 aromatic heterocycles. The van der Waals surface area contributed by atoms with Gasteiger partial charge in [0.1, 0.15) is 5.82 Å². The average Bonchev–Trinajstić information content (AvgIpc) is 2.78. The first-order valence-corrected chi connectivity index (χ1v) is 6.55. The van der Waals surface area contributed by atoms with E-state index in [9.17, 15) is 10.1 Å². The van der Waals surface area contributed by atoms with Crippen LogP contribution in [0.4, 0.5) is 17.3 Å². The van der Waals surface area contributed by atoms with Crippen molar-refractivity contribution in [1.29, 1.82) is 0 Å². The van der Waals surface area contributed by atoms with Gasteiger partial charge in [-0.25, -0.2) is 4.98 Å². The van der Waals surface area contributed by atoms with Crippen LogP contribution in [0.3, 0.4) is 0 Å². The highest BCUT2D eigenvalue weighted by Gasteiger charge is 2.16. The van der Waals surface area contributed by atoms with Crippen molar-refractivity contribution in [2.45, 2.75) is 6.42 Å². The number of nitro groups is 1. The molecule has 1 unspecified atom stereocenters. The van der Waals surface area contributed by atoms with Crippen molar-refractivity contribution < 1.29 is 4.92 Å². The third-order valence-corrected chi connectivity index (χ3v) is 3.93. The van der Waals surface area contributed by atoms with Crippen LogP contribution in [0.15, 0.2) is 12.1 Å². The molecule has 1 aromatic rings. The van der Waals surface area contributed by atoms with Crippen molar-refractivity contribution >= 4 is 29.1 Å². The van der Waals surface area contributed by atoms with Crippen LogP contribution in [0.5, 0.6) is 0 Å². The molecule has 1 aliphatic rings. The molecule has 2 rings (SSSR count). The molecule has 0 radical (unpaired) electrons. The largest absolute Gasteiger partial charge is 0.378 e. The summed E-state index contributed by atoms with van der Waals surface area (Å²) >= 11 is 1.95. The van der Waals surface area contributed by atoms with E-state index < -0.39 is 4.92 Å². The van der Waals surface area contributed by atoms with Gasteiger partial charge in [0.25, 0.3) is 0 Å². The lowest BCUT2D eigenvalue weighted by Crippen LogP contribution is -2.14. The van der Waals surface area contributed by atoms with Gasteiger partial charge in [0, 0.05) is 12.6 Å². The van der Waals surface area contributed by atoms with Crippen LogP contribution in [-0.4, -0.2) is 28.0 Å². The molecule has 92 valence electrons. The molecule has 0 bridgehead atoms. The van der Waals surface area contributed by atoms with Crippen LogP contribution < -0.4 is 11.1 Å². The van der Waals surface area contributed by atoms with E-state index in [1.54, 1.807) is 6.07 Å². The van der Waals surface area contributed by atoms with E-state index in [4.69, 9.17) is 5.73 Å². The molecular formula is C10H14N4O2S. The number of nitrogens with one attached hydrogen (secondary N) is 1. The molecule has 0 amide bonds. The van der Waals surface area contributed by atoms with Gasteiger partial charge in [-0.1, -0.05) is 0 Å². The summed E-state index contributed by atoms with van der Waals surface area (Å²) in [6, 6.07) is 2.98. The van der Waals surface area contributed by atoms with E-state index >= 15 is 0 Å². The van der Waals surface area contributed by atoms with Crippen molar-refractivity contribution in [1.82, 2.24) is 4.98 Å². The van der Waals surface area contributed by atoms with Gasteiger partial charge in [-0.3, -0.25) is 10.1 Å². The predicted octanol–water partition coefficient (Wildman–Crippen LogP) is 1.74. The van der Waals surface area contributed by atoms with Gasteiger partial charge < -0.3 is 11.1 Å². The molecule has 0 aliphatic carbocycles. The van der Waals surface area contributed by atoms with Crippen LogP contribution in [0.1, 0.15) is 6.42 Å². The number of pyridine rings is 1. The summed E-state index contributed by atoms with van der Waals surface area (Å²) in [5.41, 5.74) is 5.36. The monoisotopic (exact) mass is 254 g/mol. The number of anilines is 2. The SMILES string of the molecule is Nc1nc(NCC2CCSC2)ccc1[N+](=O)[O-]. The average molecular weight is 254 g/mol. The lowest BCUT2D eigenvalue weighted by atomic mass is 10.1. The van der Waals surface area contributed by atoms with Gasteiger partial charge in [-0.15, -0.1) is 0 Å². The highest BCUT2D eigenvalue weighted by molar-refractivity contribution is 7.99. The number of thioether (sulfide) groups is 1. The molecule has 0 spiro atoms. The zero-order valence-electron chi connectivity index (χ0n) is 9.26. The number of nitrogens with zero attached hydrogens (tertiary/aromatic N) is 2. The minimum Gasteiger partial charge on any atom is -0.378 e. The summed E-state index contributed by atoms with van der Waals surface area (Å²) in [7, 11) is 0. The van der Waals surface area contributed by atoms with Crippen LogP contribution in [-0.2, 0) is 0 Å². The predicted molar refractivity (Wildman–Crippen MR) is 69.2 cm³/mol. The fourth-order valence-corrected chi connectivity index (χ4v) is 3.00. The molecule has 1 aliphatic heterocycles. The number of rotatable bonds is 4. The topological polar surface area (TPSA) is 94.1 Å². The highest BCUT2D eigenvalue weighted by atomic mass is 32.2. The Balaban J connectivity index is 1.97. The molecule has 6 nitrogen and oxygen atoms in total. The number of aromatic nitrogens is 1. The standard InChI is InChI=1S/C10H14N4O2S/c11-10-8(14(15)16)1-2-9(13-10)12-5-7-3-4-17-6-7/h1-2,7H,3-6H2,(H3,11,12,13). The molecule has 1 atom stereocenters. The summed E-state index contributed by atoms with van der Waals surface area (Å²) in [6.07, 6.45) is 1.21. The van der Waals surface area contributed by atoms with Gasteiger partial charge in [-0.05, 0) is 29.9 Å². The second-order valence-electron chi connectivity index (χ2n) is 3.97. The molecule has 0 saturated carbocycles. The van der Waals surface area contributed by atoms with Gasteiger partial charge >= 0.3 is 5.69 Å². The minimum atomic E-state index is -0.528. The zero-order chi connectivity index (χ0) is 12.3.